The molecule has 0 aliphatic heterocycles. The molecule has 1 N–H and O–H groups in total. The van der Waals surface area contributed by atoms with Crippen LogP contribution in [0.4, 0.5) is 0 Å². The van der Waals surface area contributed by atoms with Crippen molar-refractivity contribution in [3.8, 4) is 5.75 Å². The molecule has 1 nitrogen and oxygen atoms in total. The van der Waals surface area contributed by atoms with Crippen LogP contribution in [0.25, 0.3) is 0 Å². The Bertz CT molecular complexity index is 487. The fraction of sp³-hybridized carbons (Fsp3) is 0.368. The Morgan fingerprint density at radius 1 is 0.800 bits per heavy atom. The van der Waals surface area contributed by atoms with E-state index in [4.69, 9.17) is 0 Å². The van der Waals surface area contributed by atoms with Gasteiger partial charge in [0.15, 0.2) is 0 Å². The molecule has 0 saturated heterocycles. The third kappa shape index (κ3) is 4.12. The zero-order valence-electron chi connectivity index (χ0n) is 12.3. The summed E-state index contributed by atoms with van der Waals surface area (Å²) in [5.41, 5.74) is 2.67. The lowest BCUT2D eigenvalue weighted by atomic mass is 9.87. The predicted octanol–water partition coefficient (Wildman–Crippen LogP) is 5.49. The first-order valence-corrected chi connectivity index (χ1v) is 7.65. The number of unbranched alkanes of at least 4 members (excludes halogenated alkanes) is 3. The number of benzene rings is 2. The van der Waals surface area contributed by atoms with Crippen LogP contribution < -0.4 is 0 Å². The van der Waals surface area contributed by atoms with Gasteiger partial charge in [-0.2, -0.15) is 0 Å². The summed E-state index contributed by atoms with van der Waals surface area (Å²) in [6.45, 7) is 2.24. The molecule has 0 amide bonds. The molecule has 0 radical (unpaired) electrons. The van der Waals surface area contributed by atoms with E-state index in [9.17, 15) is 5.11 Å². The summed E-state index contributed by atoms with van der Waals surface area (Å²) in [6.07, 6.45) is 6.33. The van der Waals surface area contributed by atoms with Crippen LogP contribution in [0.15, 0.2) is 54.6 Å². The molecule has 1 heteroatoms. The predicted molar refractivity (Wildman–Crippen MR) is 85.2 cm³/mol. The summed E-state index contributed by atoms with van der Waals surface area (Å²) in [5, 5.41) is 9.46. The molecule has 0 saturated carbocycles. The van der Waals surface area contributed by atoms with Crippen molar-refractivity contribution in [1.82, 2.24) is 0 Å². The summed E-state index contributed by atoms with van der Waals surface area (Å²) < 4.78 is 0. The molecule has 106 valence electrons. The molecule has 1 atom stereocenters. The molecular weight excluding hydrogens is 244 g/mol. The second kappa shape index (κ2) is 7.74. The quantitative estimate of drug-likeness (QED) is 0.658. The maximum absolute atomic E-state index is 9.46. The van der Waals surface area contributed by atoms with Crippen LogP contribution in [0, 0.1) is 0 Å². The maximum atomic E-state index is 9.46. The molecule has 0 fully saturated rings. The van der Waals surface area contributed by atoms with Gasteiger partial charge >= 0.3 is 0 Å². The average molecular weight is 268 g/mol. The summed E-state index contributed by atoms with van der Waals surface area (Å²) >= 11 is 0. The van der Waals surface area contributed by atoms with Crippen molar-refractivity contribution in [3.63, 3.8) is 0 Å². The van der Waals surface area contributed by atoms with Gasteiger partial charge in [-0.1, -0.05) is 75.1 Å². The van der Waals surface area contributed by atoms with Gasteiger partial charge in [-0.05, 0) is 29.7 Å². The number of hydrogen-bond acceptors (Lipinski definition) is 1. The largest absolute Gasteiger partial charge is 0.508 e. The SMILES string of the molecule is CCCCCCC(c1ccccc1)c1ccc(O)cc1. The van der Waals surface area contributed by atoms with Crippen LogP contribution in [-0.4, -0.2) is 5.11 Å². The highest BCUT2D eigenvalue weighted by atomic mass is 16.3. The van der Waals surface area contributed by atoms with Crippen LogP contribution in [0.2, 0.25) is 0 Å². The minimum absolute atomic E-state index is 0.339. The number of phenols is 1. The van der Waals surface area contributed by atoms with Gasteiger partial charge < -0.3 is 5.11 Å². The van der Waals surface area contributed by atoms with Crippen LogP contribution in [0.1, 0.15) is 56.1 Å². The zero-order valence-corrected chi connectivity index (χ0v) is 12.3. The molecule has 0 heterocycles. The summed E-state index contributed by atoms with van der Waals surface area (Å²) in [6, 6.07) is 18.4. The van der Waals surface area contributed by atoms with Crippen molar-refractivity contribution in [3.05, 3.63) is 65.7 Å². The Morgan fingerprint density at radius 2 is 1.45 bits per heavy atom. The molecule has 0 spiro atoms. The fourth-order valence-electron chi connectivity index (χ4n) is 2.69. The van der Waals surface area contributed by atoms with Gasteiger partial charge in [0.25, 0.3) is 0 Å². The van der Waals surface area contributed by atoms with Crippen molar-refractivity contribution in [1.29, 1.82) is 0 Å². The highest BCUT2D eigenvalue weighted by Crippen LogP contribution is 2.30. The van der Waals surface area contributed by atoms with E-state index < -0.39 is 0 Å². The van der Waals surface area contributed by atoms with Gasteiger partial charge in [0.05, 0.1) is 0 Å². The molecule has 0 bridgehead atoms. The number of rotatable bonds is 7. The van der Waals surface area contributed by atoms with Crippen LogP contribution in [0.5, 0.6) is 5.75 Å². The normalized spacial score (nSPS) is 12.2. The monoisotopic (exact) mass is 268 g/mol. The molecule has 0 aliphatic carbocycles. The maximum Gasteiger partial charge on any atom is 0.115 e. The molecule has 1 unspecified atom stereocenters. The first-order valence-electron chi connectivity index (χ1n) is 7.65. The van der Waals surface area contributed by atoms with Crippen molar-refractivity contribution >= 4 is 0 Å². The van der Waals surface area contributed by atoms with Gasteiger partial charge in [0.2, 0.25) is 0 Å². The van der Waals surface area contributed by atoms with E-state index in [1.54, 1.807) is 12.1 Å². The van der Waals surface area contributed by atoms with Crippen molar-refractivity contribution in [2.45, 2.75) is 44.9 Å². The van der Waals surface area contributed by atoms with Gasteiger partial charge in [0.1, 0.15) is 5.75 Å². The Kier molecular flexibility index (Phi) is 5.67. The lowest BCUT2D eigenvalue weighted by Crippen LogP contribution is -2.01. The van der Waals surface area contributed by atoms with Gasteiger partial charge in [-0.3, -0.25) is 0 Å². The number of phenolic OH excluding ortho intramolecular Hbond substituents is 1. The summed E-state index contributed by atoms with van der Waals surface area (Å²) in [4.78, 5) is 0. The average Bonchev–Trinajstić information content (AvgIpc) is 2.50. The molecule has 2 rings (SSSR count). The third-order valence-corrected chi connectivity index (χ3v) is 3.84. The van der Waals surface area contributed by atoms with Gasteiger partial charge in [-0.15, -0.1) is 0 Å². The first-order chi connectivity index (χ1) is 9.81. The van der Waals surface area contributed by atoms with E-state index in [2.05, 4.69) is 37.3 Å². The van der Waals surface area contributed by atoms with Crippen molar-refractivity contribution in [2.75, 3.05) is 0 Å². The highest BCUT2D eigenvalue weighted by Gasteiger charge is 2.13. The second-order valence-electron chi connectivity index (χ2n) is 5.40. The Morgan fingerprint density at radius 3 is 2.10 bits per heavy atom. The minimum atomic E-state index is 0.339. The third-order valence-electron chi connectivity index (χ3n) is 3.84. The first kappa shape index (κ1) is 14.6. The molecule has 20 heavy (non-hydrogen) atoms. The van der Waals surface area contributed by atoms with E-state index >= 15 is 0 Å². The molecule has 0 aromatic heterocycles. The Labute approximate surface area is 122 Å². The summed E-state index contributed by atoms with van der Waals surface area (Å²) in [5.74, 6) is 0.778. The van der Waals surface area contributed by atoms with Gasteiger partial charge in [-0.25, -0.2) is 0 Å². The molecule has 0 aliphatic rings. The lowest BCUT2D eigenvalue weighted by Gasteiger charge is -2.18. The van der Waals surface area contributed by atoms with E-state index in [-0.39, 0.29) is 0 Å². The van der Waals surface area contributed by atoms with Crippen LogP contribution in [0.3, 0.4) is 0 Å². The van der Waals surface area contributed by atoms with Crippen LogP contribution >= 0.6 is 0 Å². The minimum Gasteiger partial charge on any atom is -0.508 e. The van der Waals surface area contributed by atoms with Crippen molar-refractivity contribution in [2.24, 2.45) is 0 Å². The highest BCUT2D eigenvalue weighted by molar-refractivity contribution is 5.35. The van der Waals surface area contributed by atoms with Gasteiger partial charge in [0, 0.05) is 5.92 Å². The number of aromatic hydroxyl groups is 1. The Hall–Kier alpha value is -1.76. The molecule has 2 aromatic rings. The number of hydrogen-bond donors (Lipinski definition) is 1. The zero-order chi connectivity index (χ0) is 14.2. The Balaban J connectivity index is 2.13. The lowest BCUT2D eigenvalue weighted by molar-refractivity contribution is 0.475. The smallest absolute Gasteiger partial charge is 0.115 e. The van der Waals surface area contributed by atoms with E-state index in [1.165, 1.54) is 43.2 Å². The topological polar surface area (TPSA) is 20.2 Å². The van der Waals surface area contributed by atoms with Crippen molar-refractivity contribution < 1.29 is 5.11 Å². The second-order valence-corrected chi connectivity index (χ2v) is 5.40. The summed E-state index contributed by atoms with van der Waals surface area (Å²) in [7, 11) is 0. The van der Waals surface area contributed by atoms with E-state index in [1.807, 2.05) is 12.1 Å². The fourth-order valence-corrected chi connectivity index (χ4v) is 2.69. The van der Waals surface area contributed by atoms with Crippen LogP contribution in [-0.2, 0) is 0 Å². The standard InChI is InChI=1S/C19H24O/c1-2-3-4-8-11-19(16-9-6-5-7-10-16)17-12-14-18(20)15-13-17/h5-7,9-10,12-15,19-20H,2-4,8,11H2,1H3. The van der Waals surface area contributed by atoms with E-state index in [0.29, 0.717) is 11.7 Å². The van der Waals surface area contributed by atoms with E-state index in [0.717, 1.165) is 0 Å². The molecule has 2 aromatic carbocycles. The molecular formula is C19H24O.